The first kappa shape index (κ1) is 15.0. The number of rotatable bonds is 3. The van der Waals surface area contributed by atoms with E-state index in [1.165, 1.54) is 16.7 Å². The van der Waals surface area contributed by atoms with Gasteiger partial charge in [-0.15, -0.1) is 0 Å². The Bertz CT molecular complexity index is 861. The molecule has 3 aromatic rings. The third-order valence-electron chi connectivity index (χ3n) is 4.05. The molecule has 2 nitrogen and oxygen atoms in total. The molecular formula is C21H18O2. The molecule has 0 fully saturated rings. The third-order valence-corrected chi connectivity index (χ3v) is 4.05. The van der Waals surface area contributed by atoms with Crippen LogP contribution in [0.3, 0.4) is 0 Å². The van der Waals surface area contributed by atoms with E-state index in [9.17, 15) is 4.79 Å². The van der Waals surface area contributed by atoms with Gasteiger partial charge in [0.2, 0.25) is 0 Å². The van der Waals surface area contributed by atoms with Gasteiger partial charge in [0.05, 0.1) is 5.56 Å². The van der Waals surface area contributed by atoms with E-state index < -0.39 is 5.97 Å². The van der Waals surface area contributed by atoms with E-state index in [1.807, 2.05) is 24.3 Å². The zero-order valence-corrected chi connectivity index (χ0v) is 13.2. The Balaban J connectivity index is 2.14. The second kappa shape index (κ2) is 6.09. The molecule has 3 rings (SSSR count). The highest BCUT2D eigenvalue weighted by Crippen LogP contribution is 2.34. The normalized spacial score (nSPS) is 10.5. The minimum absolute atomic E-state index is 0.304. The molecule has 0 atom stereocenters. The number of aryl methyl sites for hydroxylation is 2. The lowest BCUT2D eigenvalue weighted by Crippen LogP contribution is -1.95. The highest BCUT2D eigenvalue weighted by Gasteiger charge is 2.10. The van der Waals surface area contributed by atoms with Crippen LogP contribution in [0.5, 0.6) is 0 Å². The van der Waals surface area contributed by atoms with Crippen LogP contribution in [0.2, 0.25) is 0 Å². The molecule has 3 aromatic carbocycles. The first-order valence-electron chi connectivity index (χ1n) is 7.56. The Kier molecular flexibility index (Phi) is 3.98. The van der Waals surface area contributed by atoms with Crippen LogP contribution in [0.4, 0.5) is 0 Å². The number of hydrogen-bond acceptors (Lipinski definition) is 1. The van der Waals surface area contributed by atoms with Crippen LogP contribution in [-0.2, 0) is 0 Å². The van der Waals surface area contributed by atoms with Crippen molar-refractivity contribution in [3.05, 3.63) is 83.4 Å². The summed E-state index contributed by atoms with van der Waals surface area (Å²) in [5, 5.41) is 9.05. The monoisotopic (exact) mass is 302 g/mol. The highest BCUT2D eigenvalue weighted by atomic mass is 16.4. The summed E-state index contributed by atoms with van der Waals surface area (Å²) >= 11 is 0. The van der Waals surface area contributed by atoms with Crippen LogP contribution in [0, 0.1) is 13.8 Å². The van der Waals surface area contributed by atoms with Crippen molar-refractivity contribution in [2.45, 2.75) is 13.8 Å². The van der Waals surface area contributed by atoms with Crippen LogP contribution >= 0.6 is 0 Å². The molecule has 0 saturated heterocycles. The molecule has 0 heterocycles. The zero-order chi connectivity index (χ0) is 16.4. The summed E-state index contributed by atoms with van der Waals surface area (Å²) in [4.78, 5) is 11.0. The fourth-order valence-corrected chi connectivity index (χ4v) is 2.79. The maximum absolute atomic E-state index is 11.0. The molecule has 23 heavy (non-hydrogen) atoms. The van der Waals surface area contributed by atoms with Gasteiger partial charge < -0.3 is 5.11 Å². The number of benzene rings is 3. The molecule has 0 aromatic heterocycles. The summed E-state index contributed by atoms with van der Waals surface area (Å²) in [6.07, 6.45) is 0. The number of carboxylic acid groups (broad SMARTS) is 1. The molecule has 0 unspecified atom stereocenters. The second-order valence-electron chi connectivity index (χ2n) is 5.75. The second-order valence-corrected chi connectivity index (χ2v) is 5.75. The van der Waals surface area contributed by atoms with E-state index in [0.717, 1.165) is 16.7 Å². The zero-order valence-electron chi connectivity index (χ0n) is 13.2. The molecule has 0 spiro atoms. The minimum atomic E-state index is -0.903. The van der Waals surface area contributed by atoms with Crippen molar-refractivity contribution < 1.29 is 9.90 Å². The number of carboxylic acids is 1. The highest BCUT2D eigenvalue weighted by molar-refractivity contribution is 5.90. The van der Waals surface area contributed by atoms with E-state index >= 15 is 0 Å². The van der Waals surface area contributed by atoms with Gasteiger partial charge in [-0.3, -0.25) is 0 Å². The number of hydrogen-bond donors (Lipinski definition) is 1. The van der Waals surface area contributed by atoms with Crippen LogP contribution in [0.15, 0.2) is 66.7 Å². The smallest absolute Gasteiger partial charge is 0.335 e. The van der Waals surface area contributed by atoms with E-state index in [-0.39, 0.29) is 0 Å². The summed E-state index contributed by atoms with van der Waals surface area (Å²) in [5.74, 6) is -0.903. The summed E-state index contributed by atoms with van der Waals surface area (Å²) in [6.45, 7) is 4.20. The summed E-state index contributed by atoms with van der Waals surface area (Å²) in [7, 11) is 0. The summed E-state index contributed by atoms with van der Waals surface area (Å²) in [5.41, 5.74) is 7.26. The molecule has 0 aliphatic heterocycles. The van der Waals surface area contributed by atoms with Crippen molar-refractivity contribution in [3.8, 4) is 22.3 Å². The van der Waals surface area contributed by atoms with Gasteiger partial charge >= 0.3 is 5.97 Å². The van der Waals surface area contributed by atoms with E-state index in [0.29, 0.717) is 5.56 Å². The van der Waals surface area contributed by atoms with Crippen molar-refractivity contribution in [2.75, 3.05) is 0 Å². The maximum atomic E-state index is 11.0. The van der Waals surface area contributed by atoms with Crippen molar-refractivity contribution >= 4 is 5.97 Å². The van der Waals surface area contributed by atoms with Gasteiger partial charge in [-0.25, -0.2) is 4.79 Å². The molecule has 0 saturated carbocycles. The molecule has 0 aliphatic rings. The van der Waals surface area contributed by atoms with Gasteiger partial charge in [0.25, 0.3) is 0 Å². The topological polar surface area (TPSA) is 37.3 Å². The van der Waals surface area contributed by atoms with Crippen molar-refractivity contribution in [1.29, 1.82) is 0 Å². The number of carbonyl (C=O) groups is 1. The average Bonchev–Trinajstić information content (AvgIpc) is 2.57. The Morgan fingerprint density at radius 1 is 0.783 bits per heavy atom. The van der Waals surface area contributed by atoms with Gasteiger partial charge in [0.1, 0.15) is 0 Å². The fraction of sp³-hybridized carbons (Fsp3) is 0.0952. The molecule has 2 heteroatoms. The first-order chi connectivity index (χ1) is 11.1. The third kappa shape index (κ3) is 3.02. The first-order valence-corrected chi connectivity index (χ1v) is 7.56. The lowest BCUT2D eigenvalue weighted by atomic mass is 9.91. The molecular weight excluding hydrogens is 284 g/mol. The minimum Gasteiger partial charge on any atom is -0.478 e. The van der Waals surface area contributed by atoms with Crippen LogP contribution in [0.1, 0.15) is 21.5 Å². The predicted molar refractivity (Wildman–Crippen MR) is 93.7 cm³/mol. The Morgan fingerprint density at radius 2 is 1.43 bits per heavy atom. The number of aromatic carboxylic acids is 1. The lowest BCUT2D eigenvalue weighted by Gasteiger charge is -2.13. The molecule has 1 N–H and O–H groups in total. The van der Waals surface area contributed by atoms with Gasteiger partial charge in [0, 0.05) is 0 Å². The van der Waals surface area contributed by atoms with Crippen molar-refractivity contribution in [1.82, 2.24) is 0 Å². The molecule has 0 radical (unpaired) electrons. The quantitative estimate of drug-likeness (QED) is 0.709. The molecule has 0 bridgehead atoms. The maximum Gasteiger partial charge on any atom is 0.335 e. The van der Waals surface area contributed by atoms with Crippen LogP contribution in [-0.4, -0.2) is 11.1 Å². The summed E-state index contributed by atoms with van der Waals surface area (Å²) < 4.78 is 0. The molecule has 114 valence electrons. The van der Waals surface area contributed by atoms with E-state index in [1.54, 1.807) is 12.1 Å². The van der Waals surface area contributed by atoms with E-state index in [4.69, 9.17) is 5.11 Å². The van der Waals surface area contributed by atoms with Gasteiger partial charge in [-0.05, 0) is 53.8 Å². The van der Waals surface area contributed by atoms with E-state index in [2.05, 4.69) is 44.2 Å². The Hall–Kier alpha value is -2.87. The van der Waals surface area contributed by atoms with Gasteiger partial charge in [0.15, 0.2) is 0 Å². The van der Waals surface area contributed by atoms with Gasteiger partial charge in [-0.2, -0.15) is 0 Å². The Labute approximate surface area is 136 Å². The molecule has 0 amide bonds. The molecule has 0 aliphatic carbocycles. The van der Waals surface area contributed by atoms with Crippen molar-refractivity contribution in [2.24, 2.45) is 0 Å². The van der Waals surface area contributed by atoms with Crippen molar-refractivity contribution in [3.63, 3.8) is 0 Å². The Morgan fingerprint density at radius 3 is 2.09 bits per heavy atom. The SMILES string of the molecule is Cc1ccc(C)c(-c2ccccc2-c2ccc(C(=O)O)cc2)c1. The standard InChI is InChI=1S/C21H18O2/c1-14-7-8-15(2)20(13-14)19-6-4-3-5-18(19)16-9-11-17(12-10-16)21(22)23/h3-13H,1-2H3,(H,22,23). The summed E-state index contributed by atoms with van der Waals surface area (Å²) in [6, 6.07) is 21.7. The van der Waals surface area contributed by atoms with Gasteiger partial charge in [-0.1, -0.05) is 60.2 Å². The average molecular weight is 302 g/mol. The van der Waals surface area contributed by atoms with Crippen LogP contribution < -0.4 is 0 Å². The largest absolute Gasteiger partial charge is 0.478 e. The predicted octanol–water partition coefficient (Wildman–Crippen LogP) is 5.34. The lowest BCUT2D eigenvalue weighted by molar-refractivity contribution is 0.0697. The van der Waals surface area contributed by atoms with Crippen LogP contribution in [0.25, 0.3) is 22.3 Å². The fourth-order valence-electron chi connectivity index (χ4n) is 2.79.